The summed E-state index contributed by atoms with van der Waals surface area (Å²) < 4.78 is 5.93. The van der Waals surface area contributed by atoms with Gasteiger partial charge in [-0.2, -0.15) is 0 Å². The first-order valence-corrected chi connectivity index (χ1v) is 6.53. The predicted molar refractivity (Wildman–Crippen MR) is 68.9 cm³/mol. The third-order valence-corrected chi connectivity index (χ3v) is 3.53. The minimum absolute atomic E-state index is 0.0340. The van der Waals surface area contributed by atoms with E-state index in [-0.39, 0.29) is 6.04 Å². The zero-order valence-electron chi connectivity index (χ0n) is 10.7. The van der Waals surface area contributed by atoms with Crippen LogP contribution in [0.25, 0.3) is 0 Å². The van der Waals surface area contributed by atoms with Gasteiger partial charge in [-0.3, -0.25) is 0 Å². The van der Waals surface area contributed by atoms with Crippen LogP contribution in [0.4, 0.5) is 0 Å². The molecule has 1 atom stereocenters. The first-order valence-electron chi connectivity index (χ1n) is 6.53. The molecule has 2 N–H and O–H groups in total. The molecule has 94 valence electrons. The van der Waals surface area contributed by atoms with Crippen LogP contribution in [0.3, 0.4) is 0 Å². The molecule has 3 heteroatoms. The highest BCUT2D eigenvalue weighted by Crippen LogP contribution is 2.27. The maximum absolute atomic E-state index is 5.93. The zero-order valence-corrected chi connectivity index (χ0v) is 10.7. The average Bonchev–Trinajstić information content (AvgIpc) is 2.32. The molecule has 0 saturated heterocycles. The van der Waals surface area contributed by atoms with Crippen molar-refractivity contribution in [3.63, 3.8) is 0 Å². The highest BCUT2D eigenvalue weighted by molar-refractivity contribution is 5.23. The van der Waals surface area contributed by atoms with Gasteiger partial charge >= 0.3 is 0 Å². The largest absolute Gasteiger partial charge is 0.474 e. The molecule has 3 nitrogen and oxygen atoms in total. The Morgan fingerprint density at radius 3 is 2.71 bits per heavy atom. The van der Waals surface area contributed by atoms with Crippen LogP contribution >= 0.6 is 0 Å². The van der Waals surface area contributed by atoms with E-state index in [0.717, 1.165) is 30.2 Å². The maximum Gasteiger partial charge on any atom is 0.213 e. The van der Waals surface area contributed by atoms with Crippen LogP contribution in [0.5, 0.6) is 5.88 Å². The number of aromatic nitrogens is 1. The molecule has 2 rings (SSSR count). The Balaban J connectivity index is 1.96. The molecular weight excluding hydrogens is 212 g/mol. The van der Waals surface area contributed by atoms with Crippen molar-refractivity contribution in [2.45, 2.75) is 51.7 Å². The molecule has 1 aromatic rings. The summed E-state index contributed by atoms with van der Waals surface area (Å²) in [7, 11) is 0. The summed E-state index contributed by atoms with van der Waals surface area (Å²) in [5.74, 6) is 1.57. The number of pyridine rings is 1. The monoisotopic (exact) mass is 234 g/mol. The van der Waals surface area contributed by atoms with Gasteiger partial charge in [0.25, 0.3) is 0 Å². The summed E-state index contributed by atoms with van der Waals surface area (Å²) in [6.07, 6.45) is 6.92. The van der Waals surface area contributed by atoms with Gasteiger partial charge in [0.05, 0.1) is 0 Å². The fourth-order valence-electron chi connectivity index (χ4n) is 2.29. The molecule has 0 bridgehead atoms. The Morgan fingerprint density at radius 1 is 1.35 bits per heavy atom. The van der Waals surface area contributed by atoms with E-state index >= 15 is 0 Å². The first kappa shape index (κ1) is 12.4. The quantitative estimate of drug-likeness (QED) is 0.874. The van der Waals surface area contributed by atoms with Crippen LogP contribution in [0, 0.1) is 5.92 Å². The van der Waals surface area contributed by atoms with Crippen LogP contribution < -0.4 is 10.5 Å². The molecule has 1 aromatic heterocycles. The van der Waals surface area contributed by atoms with Gasteiger partial charge in [0, 0.05) is 18.3 Å². The van der Waals surface area contributed by atoms with E-state index in [1.165, 1.54) is 12.8 Å². The number of hydrogen-bond acceptors (Lipinski definition) is 3. The van der Waals surface area contributed by atoms with Crippen LogP contribution in [-0.4, -0.2) is 11.1 Å². The van der Waals surface area contributed by atoms with E-state index in [1.54, 1.807) is 6.20 Å². The van der Waals surface area contributed by atoms with Gasteiger partial charge < -0.3 is 10.5 Å². The molecule has 1 saturated carbocycles. The number of rotatable bonds is 3. The minimum Gasteiger partial charge on any atom is -0.474 e. The first-order chi connectivity index (χ1) is 8.15. The Morgan fingerprint density at radius 2 is 2.06 bits per heavy atom. The predicted octanol–water partition coefficient (Wildman–Crippen LogP) is 3.06. The van der Waals surface area contributed by atoms with Crippen molar-refractivity contribution in [1.29, 1.82) is 0 Å². The van der Waals surface area contributed by atoms with Crippen LogP contribution in [0.15, 0.2) is 18.3 Å². The lowest BCUT2D eigenvalue weighted by Gasteiger charge is -2.26. The van der Waals surface area contributed by atoms with Gasteiger partial charge in [0.2, 0.25) is 5.88 Å². The molecular formula is C14H22N2O. The Kier molecular flexibility index (Phi) is 4.00. The van der Waals surface area contributed by atoms with Crippen LogP contribution in [0.2, 0.25) is 0 Å². The summed E-state index contributed by atoms with van der Waals surface area (Å²) in [6.45, 7) is 4.28. The second kappa shape index (κ2) is 5.50. The van der Waals surface area contributed by atoms with Crippen molar-refractivity contribution >= 4 is 0 Å². The highest BCUT2D eigenvalue weighted by atomic mass is 16.5. The third-order valence-electron chi connectivity index (χ3n) is 3.53. The van der Waals surface area contributed by atoms with Crippen molar-refractivity contribution in [1.82, 2.24) is 4.98 Å². The Labute approximate surface area is 103 Å². The van der Waals surface area contributed by atoms with Crippen molar-refractivity contribution in [3.8, 4) is 5.88 Å². The summed E-state index contributed by atoms with van der Waals surface area (Å²) in [4.78, 5) is 4.26. The van der Waals surface area contributed by atoms with Crippen LogP contribution in [0.1, 0.15) is 51.1 Å². The molecule has 0 amide bonds. The summed E-state index contributed by atoms with van der Waals surface area (Å²) in [5.41, 5.74) is 6.93. The average molecular weight is 234 g/mol. The second-order valence-electron chi connectivity index (χ2n) is 5.22. The van der Waals surface area contributed by atoms with E-state index < -0.39 is 0 Å². The molecule has 1 unspecified atom stereocenters. The molecule has 0 radical (unpaired) electrons. The molecule has 0 spiro atoms. The fraction of sp³-hybridized carbons (Fsp3) is 0.643. The lowest BCUT2D eigenvalue weighted by Crippen LogP contribution is -2.23. The topological polar surface area (TPSA) is 48.1 Å². The van der Waals surface area contributed by atoms with E-state index in [2.05, 4.69) is 11.9 Å². The van der Waals surface area contributed by atoms with Crippen molar-refractivity contribution in [3.05, 3.63) is 23.9 Å². The van der Waals surface area contributed by atoms with Gasteiger partial charge in [-0.05, 0) is 50.2 Å². The lowest BCUT2D eigenvalue weighted by atomic mass is 9.89. The molecule has 1 aliphatic carbocycles. The van der Waals surface area contributed by atoms with E-state index in [4.69, 9.17) is 10.5 Å². The van der Waals surface area contributed by atoms with Crippen LogP contribution in [-0.2, 0) is 0 Å². The molecule has 0 aliphatic heterocycles. The number of hydrogen-bond donors (Lipinski definition) is 1. The van der Waals surface area contributed by atoms with E-state index in [0.29, 0.717) is 6.10 Å². The number of nitrogens with zero attached hydrogens (tertiary/aromatic N) is 1. The number of ether oxygens (including phenoxy) is 1. The molecule has 1 aliphatic rings. The van der Waals surface area contributed by atoms with Gasteiger partial charge in [0.1, 0.15) is 6.10 Å². The summed E-state index contributed by atoms with van der Waals surface area (Å²) in [6, 6.07) is 3.94. The SMILES string of the molecule is CC1CCC(Oc2cc(C(C)N)ccn2)CC1. The smallest absolute Gasteiger partial charge is 0.213 e. The normalized spacial score (nSPS) is 26.5. The molecule has 17 heavy (non-hydrogen) atoms. The molecule has 1 heterocycles. The number of nitrogens with two attached hydrogens (primary N) is 1. The molecule has 0 aromatic carbocycles. The summed E-state index contributed by atoms with van der Waals surface area (Å²) in [5, 5.41) is 0. The van der Waals surface area contributed by atoms with Gasteiger partial charge in [-0.15, -0.1) is 0 Å². The van der Waals surface area contributed by atoms with Crippen molar-refractivity contribution < 1.29 is 4.74 Å². The third kappa shape index (κ3) is 3.43. The lowest BCUT2D eigenvalue weighted by molar-refractivity contribution is 0.130. The fourth-order valence-corrected chi connectivity index (χ4v) is 2.29. The van der Waals surface area contributed by atoms with Gasteiger partial charge in [-0.25, -0.2) is 4.98 Å². The Hall–Kier alpha value is -1.09. The van der Waals surface area contributed by atoms with Crippen molar-refractivity contribution in [2.75, 3.05) is 0 Å². The minimum atomic E-state index is 0.0340. The summed E-state index contributed by atoms with van der Waals surface area (Å²) >= 11 is 0. The van der Waals surface area contributed by atoms with E-state index in [1.807, 2.05) is 19.1 Å². The van der Waals surface area contributed by atoms with E-state index in [9.17, 15) is 0 Å². The molecule has 1 fully saturated rings. The van der Waals surface area contributed by atoms with Crippen molar-refractivity contribution in [2.24, 2.45) is 11.7 Å². The standard InChI is InChI=1S/C14H22N2O/c1-10-3-5-13(6-4-10)17-14-9-12(11(2)15)7-8-16-14/h7-11,13H,3-6,15H2,1-2H3. The maximum atomic E-state index is 5.93. The second-order valence-corrected chi connectivity index (χ2v) is 5.22. The zero-order chi connectivity index (χ0) is 12.3. The van der Waals surface area contributed by atoms with Gasteiger partial charge in [-0.1, -0.05) is 6.92 Å². The Bertz CT molecular complexity index is 357. The van der Waals surface area contributed by atoms with Gasteiger partial charge in [0.15, 0.2) is 0 Å². The highest BCUT2D eigenvalue weighted by Gasteiger charge is 2.19.